The van der Waals surface area contributed by atoms with Crippen LogP contribution in [0.4, 0.5) is 10.1 Å². The van der Waals surface area contributed by atoms with Gasteiger partial charge in [-0.05, 0) is 109 Å². The Morgan fingerprint density at radius 2 is 1.44 bits per heavy atom. The van der Waals surface area contributed by atoms with Gasteiger partial charge in [-0.3, -0.25) is 13.9 Å². The van der Waals surface area contributed by atoms with Gasteiger partial charge in [-0.25, -0.2) is 12.8 Å². The molecule has 4 fully saturated rings. The van der Waals surface area contributed by atoms with Crippen molar-refractivity contribution in [2.75, 3.05) is 23.7 Å². The molecular weight excluding hydrogens is 626 g/mol. The van der Waals surface area contributed by atoms with Crippen LogP contribution in [0.2, 0.25) is 0 Å². The van der Waals surface area contributed by atoms with Crippen molar-refractivity contribution in [3.05, 3.63) is 101 Å². The van der Waals surface area contributed by atoms with E-state index in [-0.39, 0.29) is 30.2 Å². The van der Waals surface area contributed by atoms with E-state index < -0.39 is 34.3 Å². The van der Waals surface area contributed by atoms with Gasteiger partial charge in [-0.15, -0.1) is 0 Å². The first-order valence-electron chi connectivity index (χ1n) is 17.3. The molecule has 0 heterocycles. The molecule has 4 aliphatic rings. The lowest BCUT2D eigenvalue weighted by atomic mass is 9.48. The average molecular weight is 674 g/mol. The van der Waals surface area contributed by atoms with Crippen molar-refractivity contribution >= 4 is 27.5 Å². The first-order valence-corrected chi connectivity index (χ1v) is 19.2. The number of nitrogens with zero attached hydrogens (tertiary/aromatic N) is 2. The maximum atomic E-state index is 14.4. The fraction of sp³-hybridized carbons (Fsp3) is 0.487. The molecule has 7 nitrogen and oxygen atoms in total. The average Bonchev–Trinajstić information content (AvgIpc) is 3.04. The molecule has 48 heavy (non-hydrogen) atoms. The Labute approximate surface area is 285 Å². The minimum absolute atomic E-state index is 0.00821. The second-order valence-corrected chi connectivity index (χ2v) is 16.9. The van der Waals surface area contributed by atoms with Crippen LogP contribution < -0.4 is 9.62 Å². The smallest absolute Gasteiger partial charge is 0.244 e. The number of hydrogen-bond acceptors (Lipinski definition) is 4. The first kappa shape index (κ1) is 34.2. The molecule has 256 valence electrons. The Bertz CT molecular complexity index is 1660. The molecule has 7 rings (SSSR count). The van der Waals surface area contributed by atoms with Crippen LogP contribution in [0, 0.1) is 29.5 Å². The second kappa shape index (κ2) is 14.0. The van der Waals surface area contributed by atoms with Gasteiger partial charge in [0.25, 0.3) is 0 Å². The highest BCUT2D eigenvalue weighted by atomic mass is 32.2. The minimum Gasteiger partial charge on any atom is -0.354 e. The molecule has 1 atom stereocenters. The molecule has 0 unspecified atom stereocenters. The summed E-state index contributed by atoms with van der Waals surface area (Å²) < 4.78 is 41.6. The third kappa shape index (κ3) is 7.77. The molecule has 0 spiro atoms. The van der Waals surface area contributed by atoms with Crippen molar-refractivity contribution in [1.29, 1.82) is 0 Å². The fourth-order valence-electron chi connectivity index (χ4n) is 8.82. The predicted molar refractivity (Wildman–Crippen MR) is 187 cm³/mol. The summed E-state index contributed by atoms with van der Waals surface area (Å²) in [7, 11) is -3.87. The molecule has 3 aromatic rings. The van der Waals surface area contributed by atoms with Crippen LogP contribution in [0.15, 0.2) is 78.9 Å². The monoisotopic (exact) mass is 673 g/mol. The molecule has 4 bridgehead atoms. The lowest BCUT2D eigenvalue weighted by Gasteiger charge is -2.57. The zero-order valence-corrected chi connectivity index (χ0v) is 29.1. The van der Waals surface area contributed by atoms with Crippen molar-refractivity contribution in [3.63, 3.8) is 0 Å². The lowest BCUT2D eigenvalue weighted by Crippen LogP contribution is -2.53. The van der Waals surface area contributed by atoms with Crippen LogP contribution in [-0.2, 0) is 38.0 Å². The zero-order chi connectivity index (χ0) is 34.1. The van der Waals surface area contributed by atoms with E-state index >= 15 is 0 Å². The van der Waals surface area contributed by atoms with E-state index in [1.807, 2.05) is 56.3 Å². The summed E-state index contributed by atoms with van der Waals surface area (Å²) in [5, 5.41) is 2.98. The predicted octanol–water partition coefficient (Wildman–Crippen LogP) is 6.47. The van der Waals surface area contributed by atoms with Gasteiger partial charge in [0.1, 0.15) is 18.4 Å². The molecule has 1 N–H and O–H groups in total. The largest absolute Gasteiger partial charge is 0.354 e. The van der Waals surface area contributed by atoms with Crippen LogP contribution >= 0.6 is 0 Å². The molecule has 9 heteroatoms. The molecule has 3 aromatic carbocycles. The fourth-order valence-corrected chi connectivity index (χ4v) is 9.67. The van der Waals surface area contributed by atoms with Crippen LogP contribution in [0.1, 0.15) is 69.1 Å². The number of carbonyl (C=O) groups excluding carboxylic acids is 2. The van der Waals surface area contributed by atoms with E-state index in [1.54, 1.807) is 12.1 Å². The Kier molecular flexibility index (Phi) is 9.98. The van der Waals surface area contributed by atoms with Crippen molar-refractivity contribution in [3.8, 4) is 0 Å². The lowest BCUT2D eigenvalue weighted by molar-refractivity contribution is -0.140. The summed E-state index contributed by atoms with van der Waals surface area (Å²) in [5.41, 5.74) is 3.35. The number of carbonyl (C=O) groups is 2. The number of sulfonamides is 1. The van der Waals surface area contributed by atoms with Crippen molar-refractivity contribution in [2.45, 2.75) is 76.8 Å². The summed E-state index contributed by atoms with van der Waals surface area (Å²) in [6.45, 7) is 3.95. The van der Waals surface area contributed by atoms with Crippen LogP contribution in [-0.4, -0.2) is 50.5 Å². The number of anilines is 1. The normalized spacial score (nSPS) is 23.6. The van der Waals surface area contributed by atoms with Gasteiger partial charge in [0.05, 0.1) is 11.9 Å². The van der Waals surface area contributed by atoms with Gasteiger partial charge in [0.15, 0.2) is 0 Å². The summed E-state index contributed by atoms with van der Waals surface area (Å²) in [4.78, 5) is 29.6. The van der Waals surface area contributed by atoms with Crippen LogP contribution in [0.3, 0.4) is 0 Å². The van der Waals surface area contributed by atoms with Gasteiger partial charge in [-0.1, -0.05) is 68.4 Å². The quantitative estimate of drug-likeness (QED) is 0.225. The summed E-state index contributed by atoms with van der Waals surface area (Å²) in [5.74, 6) is 1.30. The topological polar surface area (TPSA) is 86.8 Å². The number of hydrogen-bond donors (Lipinski definition) is 1. The summed E-state index contributed by atoms with van der Waals surface area (Å²) >= 11 is 0. The first-order chi connectivity index (χ1) is 22.9. The molecule has 4 aliphatic carbocycles. The van der Waals surface area contributed by atoms with E-state index in [0.717, 1.165) is 33.9 Å². The summed E-state index contributed by atoms with van der Waals surface area (Å²) in [6, 6.07) is 22.1. The molecule has 0 saturated heterocycles. The molecule has 0 aliphatic heterocycles. The number of amides is 2. The molecular formula is C39H48FN3O4S. The van der Waals surface area contributed by atoms with Gasteiger partial charge in [0, 0.05) is 19.5 Å². The second-order valence-electron chi connectivity index (χ2n) is 15.0. The standard InChI is InChI=1S/C39H48FN3O4S/c1-27(2)24-41-38(45)36(20-28-7-5-4-6-8-28)42(25-29-9-13-34(40)14-10-29)37(44)26-43(48(3,46)47)35-15-11-33(12-16-35)39-21-30-17-31(22-39)19-32(18-30)23-39/h4-16,27,30-32,36H,17-26H2,1-3H3,(H,41,45)/t30?,31?,32?,36-,39?/m0/s1. The van der Waals surface area contributed by atoms with E-state index in [4.69, 9.17) is 0 Å². The highest BCUT2D eigenvalue weighted by molar-refractivity contribution is 7.92. The van der Waals surface area contributed by atoms with Gasteiger partial charge in [-0.2, -0.15) is 0 Å². The van der Waals surface area contributed by atoms with Gasteiger partial charge in [0.2, 0.25) is 21.8 Å². The van der Waals surface area contributed by atoms with Crippen molar-refractivity contribution < 1.29 is 22.4 Å². The Hall–Kier alpha value is -3.72. The highest BCUT2D eigenvalue weighted by Crippen LogP contribution is 2.60. The highest BCUT2D eigenvalue weighted by Gasteiger charge is 2.51. The number of benzene rings is 3. The maximum Gasteiger partial charge on any atom is 0.244 e. The molecule has 0 radical (unpaired) electrons. The van der Waals surface area contributed by atoms with Crippen LogP contribution in [0.5, 0.6) is 0 Å². The number of nitrogens with one attached hydrogen (secondary N) is 1. The molecule has 0 aromatic heterocycles. The van der Waals surface area contributed by atoms with Crippen molar-refractivity contribution in [1.82, 2.24) is 10.2 Å². The van der Waals surface area contributed by atoms with Crippen molar-refractivity contribution in [2.24, 2.45) is 23.7 Å². The van der Waals surface area contributed by atoms with Crippen LogP contribution in [0.25, 0.3) is 0 Å². The SMILES string of the molecule is CC(C)CNC(=O)[C@H](Cc1ccccc1)N(Cc1ccc(F)cc1)C(=O)CN(c1ccc(C23CC4CC(CC(C4)C2)C3)cc1)S(C)(=O)=O. The Morgan fingerprint density at radius 3 is 1.98 bits per heavy atom. The van der Waals surface area contributed by atoms with Gasteiger partial charge < -0.3 is 10.2 Å². The van der Waals surface area contributed by atoms with E-state index in [0.29, 0.717) is 17.8 Å². The van der Waals surface area contributed by atoms with E-state index in [1.165, 1.54) is 61.1 Å². The Morgan fingerprint density at radius 1 is 0.854 bits per heavy atom. The van der Waals surface area contributed by atoms with Gasteiger partial charge >= 0.3 is 0 Å². The minimum atomic E-state index is -3.87. The maximum absolute atomic E-state index is 14.4. The van der Waals surface area contributed by atoms with E-state index in [2.05, 4.69) is 17.4 Å². The van der Waals surface area contributed by atoms with E-state index in [9.17, 15) is 22.4 Å². The summed E-state index contributed by atoms with van der Waals surface area (Å²) in [6.07, 6.45) is 8.97. The third-order valence-corrected chi connectivity index (χ3v) is 11.8. The number of rotatable bonds is 13. The third-order valence-electron chi connectivity index (χ3n) is 10.7. The zero-order valence-electron chi connectivity index (χ0n) is 28.3. The molecule has 2 amide bonds. The Balaban J connectivity index is 1.30. The molecule has 4 saturated carbocycles. The number of halogens is 1.